The summed E-state index contributed by atoms with van der Waals surface area (Å²) in [4.78, 5) is 36.9. The Bertz CT molecular complexity index is 852. The molecule has 2 N–H and O–H groups in total. The summed E-state index contributed by atoms with van der Waals surface area (Å²) in [5.74, 6) is -3.20. The lowest BCUT2D eigenvalue weighted by Crippen LogP contribution is -2.36. The number of hydrogen-bond acceptors (Lipinski definition) is 3. The molecule has 0 heterocycles. The molecule has 0 unspecified atom stereocenters. The summed E-state index contributed by atoms with van der Waals surface area (Å²) >= 11 is 0. The van der Waals surface area contributed by atoms with Crippen molar-refractivity contribution in [2.75, 3.05) is 20.6 Å². The lowest BCUT2D eigenvalue weighted by atomic mass is 10.1. The van der Waals surface area contributed by atoms with E-state index in [0.717, 1.165) is 17.7 Å². The van der Waals surface area contributed by atoms with Gasteiger partial charge in [0.1, 0.15) is 11.6 Å². The number of hydrogen-bond donors (Lipinski definition) is 2. The van der Waals surface area contributed by atoms with Gasteiger partial charge in [-0.3, -0.25) is 14.4 Å². The molecular formula is C19H19F2N3O3. The van der Waals surface area contributed by atoms with E-state index in [0.29, 0.717) is 11.6 Å². The Balaban J connectivity index is 1.82. The fourth-order valence-corrected chi connectivity index (χ4v) is 2.22. The molecule has 0 saturated carbocycles. The molecule has 142 valence electrons. The third kappa shape index (κ3) is 5.60. The summed E-state index contributed by atoms with van der Waals surface area (Å²) in [6, 6.07) is 9.30. The highest BCUT2D eigenvalue weighted by Gasteiger charge is 2.13. The third-order valence-electron chi connectivity index (χ3n) is 3.68. The number of carbonyl (C=O) groups is 3. The van der Waals surface area contributed by atoms with Gasteiger partial charge in [0.25, 0.3) is 11.8 Å². The Morgan fingerprint density at radius 3 is 2.22 bits per heavy atom. The molecule has 2 aromatic carbocycles. The van der Waals surface area contributed by atoms with E-state index in [-0.39, 0.29) is 24.6 Å². The van der Waals surface area contributed by atoms with Crippen molar-refractivity contribution in [3.63, 3.8) is 0 Å². The van der Waals surface area contributed by atoms with E-state index in [1.54, 1.807) is 38.4 Å². The lowest BCUT2D eigenvalue weighted by Gasteiger charge is -2.11. The predicted molar refractivity (Wildman–Crippen MR) is 95.0 cm³/mol. The molecule has 3 amide bonds. The van der Waals surface area contributed by atoms with Crippen LogP contribution in [0.25, 0.3) is 0 Å². The average Bonchev–Trinajstić information content (AvgIpc) is 2.64. The lowest BCUT2D eigenvalue weighted by molar-refractivity contribution is -0.120. The van der Waals surface area contributed by atoms with Crippen molar-refractivity contribution in [1.82, 2.24) is 15.5 Å². The summed E-state index contributed by atoms with van der Waals surface area (Å²) < 4.78 is 26.3. The Morgan fingerprint density at radius 1 is 0.963 bits per heavy atom. The van der Waals surface area contributed by atoms with Crippen LogP contribution in [0.3, 0.4) is 0 Å². The Morgan fingerprint density at radius 2 is 1.63 bits per heavy atom. The molecular weight excluding hydrogens is 356 g/mol. The van der Waals surface area contributed by atoms with Crippen molar-refractivity contribution in [1.29, 1.82) is 0 Å². The quantitative estimate of drug-likeness (QED) is 0.807. The minimum Gasteiger partial charge on any atom is -0.350 e. The van der Waals surface area contributed by atoms with Crippen LogP contribution in [-0.4, -0.2) is 43.3 Å². The highest BCUT2D eigenvalue weighted by Crippen LogP contribution is 2.09. The van der Waals surface area contributed by atoms with Crippen LogP contribution in [0, 0.1) is 11.6 Å². The van der Waals surface area contributed by atoms with Gasteiger partial charge in [-0.2, -0.15) is 0 Å². The first kappa shape index (κ1) is 20.0. The predicted octanol–water partition coefficient (Wildman–Crippen LogP) is 1.71. The molecule has 0 aliphatic carbocycles. The van der Waals surface area contributed by atoms with Crippen LogP contribution in [0.4, 0.5) is 8.78 Å². The van der Waals surface area contributed by atoms with Crippen LogP contribution >= 0.6 is 0 Å². The van der Waals surface area contributed by atoms with Gasteiger partial charge >= 0.3 is 0 Å². The Kier molecular flexibility index (Phi) is 6.59. The fourth-order valence-electron chi connectivity index (χ4n) is 2.22. The van der Waals surface area contributed by atoms with Gasteiger partial charge < -0.3 is 15.5 Å². The van der Waals surface area contributed by atoms with Crippen LogP contribution in [0.5, 0.6) is 0 Å². The molecule has 0 saturated heterocycles. The molecule has 0 radical (unpaired) electrons. The van der Waals surface area contributed by atoms with Gasteiger partial charge in [0.15, 0.2) is 0 Å². The normalized spacial score (nSPS) is 10.2. The maximum atomic E-state index is 13.5. The Labute approximate surface area is 155 Å². The van der Waals surface area contributed by atoms with Crippen molar-refractivity contribution in [3.05, 3.63) is 70.8 Å². The zero-order valence-electron chi connectivity index (χ0n) is 14.9. The molecule has 0 bridgehead atoms. The number of nitrogens with zero attached hydrogens (tertiary/aromatic N) is 1. The summed E-state index contributed by atoms with van der Waals surface area (Å²) in [6.07, 6.45) is 0. The van der Waals surface area contributed by atoms with Crippen molar-refractivity contribution in [2.24, 2.45) is 0 Å². The van der Waals surface area contributed by atoms with E-state index in [1.807, 2.05) is 0 Å². The average molecular weight is 375 g/mol. The SMILES string of the molecule is CN(C)C(=O)c1ccc(CNC(=O)CNC(=O)c2ccc(F)cc2F)cc1. The number of benzene rings is 2. The first-order chi connectivity index (χ1) is 12.8. The molecule has 0 fully saturated rings. The fraction of sp³-hybridized carbons (Fsp3) is 0.211. The standard InChI is InChI=1S/C19H19F2N3O3/c1-24(2)19(27)13-5-3-12(4-6-13)10-22-17(25)11-23-18(26)15-8-7-14(20)9-16(15)21/h3-9H,10-11H2,1-2H3,(H,22,25)(H,23,26). The molecule has 0 spiro atoms. The summed E-state index contributed by atoms with van der Waals surface area (Å²) in [6.45, 7) is -0.150. The highest BCUT2D eigenvalue weighted by molar-refractivity contribution is 5.96. The van der Waals surface area contributed by atoms with Crippen LogP contribution in [0.2, 0.25) is 0 Å². The second-order valence-corrected chi connectivity index (χ2v) is 5.98. The van der Waals surface area contributed by atoms with Crippen LogP contribution in [0.15, 0.2) is 42.5 Å². The largest absolute Gasteiger partial charge is 0.350 e. The molecule has 0 atom stereocenters. The maximum Gasteiger partial charge on any atom is 0.254 e. The summed E-state index contributed by atoms with van der Waals surface area (Å²) in [5.41, 5.74) is 0.962. The number of nitrogens with one attached hydrogen (secondary N) is 2. The highest BCUT2D eigenvalue weighted by atomic mass is 19.1. The minimum absolute atomic E-state index is 0.124. The molecule has 8 heteroatoms. The third-order valence-corrected chi connectivity index (χ3v) is 3.68. The van der Waals surface area contributed by atoms with Crippen LogP contribution in [-0.2, 0) is 11.3 Å². The number of rotatable bonds is 6. The Hall–Kier alpha value is -3.29. The maximum absolute atomic E-state index is 13.5. The number of carbonyl (C=O) groups excluding carboxylic acids is 3. The van der Waals surface area contributed by atoms with Crippen molar-refractivity contribution >= 4 is 17.7 Å². The van der Waals surface area contributed by atoms with Crippen molar-refractivity contribution in [3.8, 4) is 0 Å². The van der Waals surface area contributed by atoms with Gasteiger partial charge in [0.05, 0.1) is 12.1 Å². The smallest absolute Gasteiger partial charge is 0.254 e. The zero-order chi connectivity index (χ0) is 20.0. The number of halogens is 2. The van der Waals surface area contributed by atoms with E-state index < -0.39 is 23.4 Å². The van der Waals surface area contributed by atoms with E-state index in [1.165, 1.54) is 4.90 Å². The summed E-state index contributed by atoms with van der Waals surface area (Å²) in [7, 11) is 3.31. The van der Waals surface area contributed by atoms with Gasteiger partial charge in [-0.15, -0.1) is 0 Å². The first-order valence-electron chi connectivity index (χ1n) is 8.08. The second-order valence-electron chi connectivity index (χ2n) is 5.98. The first-order valence-corrected chi connectivity index (χ1v) is 8.08. The van der Waals surface area contributed by atoms with E-state index in [2.05, 4.69) is 10.6 Å². The molecule has 0 aromatic heterocycles. The molecule has 2 rings (SSSR count). The minimum atomic E-state index is -1.000. The van der Waals surface area contributed by atoms with Crippen LogP contribution < -0.4 is 10.6 Å². The van der Waals surface area contributed by atoms with Crippen molar-refractivity contribution < 1.29 is 23.2 Å². The molecule has 2 aromatic rings. The topological polar surface area (TPSA) is 78.5 Å². The van der Waals surface area contributed by atoms with Gasteiger partial charge in [-0.05, 0) is 29.8 Å². The van der Waals surface area contributed by atoms with Gasteiger partial charge in [0.2, 0.25) is 5.91 Å². The summed E-state index contributed by atoms with van der Waals surface area (Å²) in [5, 5.41) is 4.87. The monoisotopic (exact) mass is 375 g/mol. The molecule has 0 aliphatic heterocycles. The van der Waals surface area contributed by atoms with E-state index in [9.17, 15) is 23.2 Å². The van der Waals surface area contributed by atoms with E-state index in [4.69, 9.17) is 0 Å². The van der Waals surface area contributed by atoms with E-state index >= 15 is 0 Å². The second kappa shape index (κ2) is 8.88. The molecule has 0 aliphatic rings. The molecule has 27 heavy (non-hydrogen) atoms. The van der Waals surface area contributed by atoms with Crippen LogP contribution in [0.1, 0.15) is 26.3 Å². The van der Waals surface area contributed by atoms with Gasteiger partial charge in [0, 0.05) is 32.3 Å². The van der Waals surface area contributed by atoms with Gasteiger partial charge in [-0.1, -0.05) is 12.1 Å². The van der Waals surface area contributed by atoms with Crippen molar-refractivity contribution in [2.45, 2.75) is 6.54 Å². The number of amides is 3. The molecule has 6 nitrogen and oxygen atoms in total. The van der Waals surface area contributed by atoms with Gasteiger partial charge in [-0.25, -0.2) is 8.78 Å². The zero-order valence-corrected chi connectivity index (χ0v) is 14.9.